The third kappa shape index (κ3) is 3.35. The van der Waals surface area contributed by atoms with Crippen molar-refractivity contribution >= 4 is 28.6 Å². The number of anilines is 1. The minimum Gasteiger partial charge on any atom is -0.478 e. The topological polar surface area (TPSA) is 54.3 Å². The molecular formula is C28H30N2O2. The van der Waals surface area contributed by atoms with E-state index >= 15 is 0 Å². The predicted octanol–water partition coefficient (Wildman–Crippen LogP) is 6.99. The number of rotatable bonds is 4. The SMILES string of the molecule is C=C/C=C\c1c(C)ccc2c1NCCn1c-2c(C2CCCCC2)c2ccc(C(=O)O)cc21. The van der Waals surface area contributed by atoms with Crippen LogP contribution in [0.5, 0.6) is 0 Å². The maximum Gasteiger partial charge on any atom is 0.335 e. The van der Waals surface area contributed by atoms with Crippen LogP contribution in [0.1, 0.15) is 65.1 Å². The van der Waals surface area contributed by atoms with E-state index in [1.807, 2.05) is 24.3 Å². The summed E-state index contributed by atoms with van der Waals surface area (Å²) in [5.41, 5.74) is 8.87. The fourth-order valence-corrected chi connectivity index (χ4v) is 5.62. The molecule has 1 aliphatic heterocycles. The van der Waals surface area contributed by atoms with E-state index in [-0.39, 0.29) is 0 Å². The van der Waals surface area contributed by atoms with Gasteiger partial charge in [0.25, 0.3) is 0 Å². The molecule has 2 heterocycles. The summed E-state index contributed by atoms with van der Waals surface area (Å²) in [6, 6.07) is 10.1. The highest BCUT2D eigenvalue weighted by Gasteiger charge is 2.29. The highest BCUT2D eigenvalue weighted by molar-refractivity contribution is 6.00. The Kier molecular flexibility index (Phi) is 5.38. The number of allylic oxidation sites excluding steroid dienone is 2. The fraction of sp³-hybridized carbons (Fsp3) is 0.321. The molecular weight excluding hydrogens is 396 g/mol. The molecule has 3 aromatic rings. The quantitative estimate of drug-likeness (QED) is 0.442. The largest absolute Gasteiger partial charge is 0.478 e. The number of benzene rings is 2. The van der Waals surface area contributed by atoms with E-state index in [0.29, 0.717) is 11.5 Å². The number of carboxylic acids is 1. The van der Waals surface area contributed by atoms with E-state index in [1.54, 1.807) is 6.07 Å². The summed E-state index contributed by atoms with van der Waals surface area (Å²) in [6.07, 6.45) is 12.2. The Morgan fingerprint density at radius 3 is 2.75 bits per heavy atom. The zero-order valence-electron chi connectivity index (χ0n) is 18.7. The molecule has 4 nitrogen and oxygen atoms in total. The van der Waals surface area contributed by atoms with Crippen molar-refractivity contribution in [2.24, 2.45) is 0 Å². The van der Waals surface area contributed by atoms with Crippen LogP contribution < -0.4 is 5.32 Å². The van der Waals surface area contributed by atoms with Crippen LogP contribution in [0.25, 0.3) is 28.2 Å². The van der Waals surface area contributed by atoms with Crippen molar-refractivity contribution < 1.29 is 9.90 Å². The van der Waals surface area contributed by atoms with Crippen LogP contribution in [-0.4, -0.2) is 22.2 Å². The number of aryl methyl sites for hydroxylation is 1. The number of hydrogen-bond donors (Lipinski definition) is 2. The van der Waals surface area contributed by atoms with Crippen molar-refractivity contribution in [3.63, 3.8) is 0 Å². The van der Waals surface area contributed by atoms with Crippen LogP contribution in [0, 0.1) is 6.92 Å². The minimum absolute atomic E-state index is 0.351. The summed E-state index contributed by atoms with van der Waals surface area (Å²) in [5.74, 6) is -0.362. The van der Waals surface area contributed by atoms with E-state index in [4.69, 9.17) is 0 Å². The zero-order chi connectivity index (χ0) is 22.2. The second-order valence-electron chi connectivity index (χ2n) is 9.03. The van der Waals surface area contributed by atoms with Gasteiger partial charge in [0, 0.05) is 35.1 Å². The lowest BCUT2D eigenvalue weighted by Crippen LogP contribution is -2.08. The van der Waals surface area contributed by atoms with Gasteiger partial charge in [0.05, 0.1) is 16.9 Å². The molecule has 1 aromatic heterocycles. The fourth-order valence-electron chi connectivity index (χ4n) is 5.62. The predicted molar refractivity (Wildman–Crippen MR) is 133 cm³/mol. The van der Waals surface area contributed by atoms with Gasteiger partial charge < -0.3 is 15.0 Å². The number of nitrogens with zero attached hydrogens (tertiary/aromatic N) is 1. The molecule has 164 valence electrons. The first-order valence-electron chi connectivity index (χ1n) is 11.7. The van der Waals surface area contributed by atoms with Crippen LogP contribution in [0.4, 0.5) is 5.69 Å². The van der Waals surface area contributed by atoms with Crippen molar-refractivity contribution in [3.05, 3.63) is 71.3 Å². The number of aromatic nitrogens is 1. The molecule has 0 atom stereocenters. The summed E-state index contributed by atoms with van der Waals surface area (Å²) < 4.78 is 2.36. The van der Waals surface area contributed by atoms with E-state index in [9.17, 15) is 9.90 Å². The van der Waals surface area contributed by atoms with Gasteiger partial charge in [-0.3, -0.25) is 0 Å². The molecule has 2 aliphatic rings. The summed E-state index contributed by atoms with van der Waals surface area (Å²) in [7, 11) is 0. The molecule has 2 aromatic carbocycles. The number of carboxylic acid groups (broad SMARTS) is 1. The maximum atomic E-state index is 11.7. The molecule has 1 saturated carbocycles. The second kappa shape index (κ2) is 8.34. The average molecular weight is 427 g/mol. The van der Waals surface area contributed by atoms with E-state index in [0.717, 1.165) is 18.6 Å². The van der Waals surface area contributed by atoms with Crippen molar-refractivity contribution in [2.75, 3.05) is 11.9 Å². The molecule has 0 amide bonds. The van der Waals surface area contributed by atoms with Gasteiger partial charge in [-0.2, -0.15) is 0 Å². The number of fused-ring (bicyclic) bond motifs is 5. The lowest BCUT2D eigenvalue weighted by atomic mass is 9.81. The first kappa shape index (κ1) is 20.6. The van der Waals surface area contributed by atoms with Crippen molar-refractivity contribution in [3.8, 4) is 11.3 Å². The van der Waals surface area contributed by atoms with Crippen LogP contribution in [0.3, 0.4) is 0 Å². The van der Waals surface area contributed by atoms with Gasteiger partial charge in [-0.05, 0) is 48.9 Å². The molecule has 0 saturated heterocycles. The molecule has 0 radical (unpaired) electrons. The summed E-state index contributed by atoms with van der Waals surface area (Å²) in [4.78, 5) is 11.7. The summed E-state index contributed by atoms with van der Waals surface area (Å²) in [5, 5.41) is 14.5. The molecule has 0 spiro atoms. The molecule has 32 heavy (non-hydrogen) atoms. The molecule has 2 N–H and O–H groups in total. The maximum absolute atomic E-state index is 11.7. The monoisotopic (exact) mass is 426 g/mol. The number of aromatic carboxylic acids is 1. The van der Waals surface area contributed by atoms with E-state index in [2.05, 4.69) is 41.6 Å². The third-order valence-electron chi connectivity index (χ3n) is 7.12. The lowest BCUT2D eigenvalue weighted by molar-refractivity contribution is 0.0697. The van der Waals surface area contributed by atoms with Gasteiger partial charge in [0.15, 0.2) is 0 Å². The normalized spacial score (nSPS) is 16.4. The van der Waals surface area contributed by atoms with Gasteiger partial charge in [-0.25, -0.2) is 4.79 Å². The molecule has 0 unspecified atom stereocenters. The summed E-state index contributed by atoms with van der Waals surface area (Å²) in [6.45, 7) is 7.59. The van der Waals surface area contributed by atoms with E-state index in [1.165, 1.54) is 71.1 Å². The Morgan fingerprint density at radius 2 is 2.00 bits per heavy atom. The zero-order valence-corrected chi connectivity index (χ0v) is 18.7. The lowest BCUT2D eigenvalue weighted by Gasteiger charge is -2.24. The molecule has 4 heteroatoms. The highest BCUT2D eigenvalue weighted by Crippen LogP contribution is 2.47. The van der Waals surface area contributed by atoms with Gasteiger partial charge in [0.2, 0.25) is 0 Å². The average Bonchev–Trinajstić information content (AvgIpc) is 3.00. The molecule has 0 bridgehead atoms. The summed E-state index contributed by atoms with van der Waals surface area (Å²) >= 11 is 0. The Labute approximate surface area is 189 Å². The first-order valence-corrected chi connectivity index (χ1v) is 11.7. The van der Waals surface area contributed by atoms with Crippen molar-refractivity contribution in [2.45, 2.75) is 51.5 Å². The number of carbonyl (C=O) groups is 1. The van der Waals surface area contributed by atoms with Crippen molar-refractivity contribution in [1.29, 1.82) is 0 Å². The Morgan fingerprint density at radius 1 is 1.19 bits per heavy atom. The minimum atomic E-state index is -0.874. The Hall–Kier alpha value is -3.27. The number of nitrogens with one attached hydrogen (secondary N) is 1. The van der Waals surface area contributed by atoms with Crippen LogP contribution >= 0.6 is 0 Å². The van der Waals surface area contributed by atoms with Crippen LogP contribution in [0.2, 0.25) is 0 Å². The standard InChI is InChI=1S/C28H30N2O2/c1-3-4-10-21-18(2)11-13-23-26(21)29-15-16-30-24-17-20(28(31)32)12-14-22(24)25(27(23)30)19-8-6-5-7-9-19/h3-4,10-14,17,19,29H,1,5-9,15-16H2,2H3,(H,31,32)/b10-4-. The number of hydrogen-bond acceptors (Lipinski definition) is 2. The van der Waals surface area contributed by atoms with Crippen LogP contribution in [0.15, 0.2) is 49.1 Å². The van der Waals surface area contributed by atoms with Gasteiger partial charge in [0.1, 0.15) is 0 Å². The molecule has 1 aliphatic carbocycles. The van der Waals surface area contributed by atoms with E-state index < -0.39 is 5.97 Å². The van der Waals surface area contributed by atoms with Gasteiger partial charge >= 0.3 is 5.97 Å². The highest BCUT2D eigenvalue weighted by atomic mass is 16.4. The first-order chi connectivity index (χ1) is 15.6. The second-order valence-corrected chi connectivity index (χ2v) is 9.03. The van der Waals surface area contributed by atoms with Gasteiger partial charge in [-0.1, -0.05) is 62.3 Å². The smallest absolute Gasteiger partial charge is 0.335 e. The molecule has 5 rings (SSSR count). The van der Waals surface area contributed by atoms with Gasteiger partial charge in [-0.15, -0.1) is 0 Å². The third-order valence-corrected chi connectivity index (χ3v) is 7.12. The van der Waals surface area contributed by atoms with Crippen molar-refractivity contribution in [1.82, 2.24) is 4.57 Å². The molecule has 1 fully saturated rings. The Bertz CT molecular complexity index is 1240. The Balaban J connectivity index is 1.84. The van der Waals surface area contributed by atoms with Crippen LogP contribution in [-0.2, 0) is 6.54 Å².